The Hall–Kier alpha value is -2.01. The molecule has 2 N–H and O–H groups in total. The van der Waals surface area contributed by atoms with Crippen LogP contribution in [0.15, 0.2) is 47.5 Å². The van der Waals surface area contributed by atoms with E-state index in [0.717, 1.165) is 11.3 Å². The first-order valence-corrected chi connectivity index (χ1v) is 10.8. The van der Waals surface area contributed by atoms with Gasteiger partial charge >= 0.3 is 0 Å². The van der Waals surface area contributed by atoms with Gasteiger partial charge in [-0.25, -0.2) is 0 Å². The van der Waals surface area contributed by atoms with Gasteiger partial charge in [0, 0.05) is 46.7 Å². The molecule has 7 nitrogen and oxygen atoms in total. The summed E-state index contributed by atoms with van der Waals surface area (Å²) in [6.07, 6.45) is 0. The average molecular weight is 547 g/mol. The predicted octanol–water partition coefficient (Wildman–Crippen LogP) is 3.66. The van der Waals surface area contributed by atoms with Gasteiger partial charge in [0.2, 0.25) is 5.75 Å². The highest BCUT2D eigenvalue weighted by Crippen LogP contribution is 2.39. The van der Waals surface area contributed by atoms with Crippen LogP contribution in [0.25, 0.3) is 0 Å². The number of hydrogen-bond acceptors (Lipinski definition) is 5. The van der Waals surface area contributed by atoms with Crippen molar-refractivity contribution in [3.63, 3.8) is 0 Å². The number of ether oxygens (including phenoxy) is 3. The zero-order chi connectivity index (χ0) is 21.1. The zero-order valence-corrected chi connectivity index (χ0v) is 20.9. The Morgan fingerprint density at radius 3 is 2.20 bits per heavy atom. The second-order valence-electron chi connectivity index (χ2n) is 6.07. The minimum Gasteiger partial charge on any atom is -0.493 e. The fraction of sp³-hybridized carbons (Fsp3) is 0.381. The van der Waals surface area contributed by atoms with Crippen molar-refractivity contribution in [2.75, 3.05) is 45.5 Å². The lowest BCUT2D eigenvalue weighted by Crippen LogP contribution is -2.31. The molecule has 30 heavy (non-hydrogen) atoms. The molecule has 9 heteroatoms. The molecule has 166 valence electrons. The largest absolute Gasteiger partial charge is 0.493 e. The van der Waals surface area contributed by atoms with Crippen molar-refractivity contribution in [1.82, 2.24) is 5.32 Å². The van der Waals surface area contributed by atoms with Gasteiger partial charge in [0.15, 0.2) is 17.5 Å². The Labute approximate surface area is 198 Å². The number of guanidine groups is 1. The van der Waals surface area contributed by atoms with Crippen LogP contribution in [0.4, 0.5) is 5.69 Å². The maximum absolute atomic E-state index is 12.3. The highest BCUT2D eigenvalue weighted by atomic mass is 127. The number of nitrogens with zero attached hydrogens (tertiary/aromatic N) is 1. The van der Waals surface area contributed by atoms with Crippen molar-refractivity contribution in [2.45, 2.75) is 12.7 Å². The molecule has 1 atom stereocenters. The van der Waals surface area contributed by atoms with Crippen LogP contribution in [-0.2, 0) is 16.6 Å². The van der Waals surface area contributed by atoms with E-state index in [1.807, 2.05) is 49.4 Å². The normalized spacial score (nSPS) is 11.8. The summed E-state index contributed by atoms with van der Waals surface area (Å²) in [6, 6.07) is 13.4. The van der Waals surface area contributed by atoms with E-state index in [4.69, 9.17) is 14.2 Å². The molecular formula is C21H30IN3O4S. The van der Waals surface area contributed by atoms with Gasteiger partial charge in [-0.3, -0.25) is 9.20 Å². The minimum atomic E-state index is -0.972. The molecule has 2 rings (SSSR count). The lowest BCUT2D eigenvalue weighted by molar-refractivity contribution is 0.324. The first-order valence-electron chi connectivity index (χ1n) is 9.35. The Balaban J connectivity index is 0.00000450. The number of anilines is 1. The molecule has 0 aliphatic carbocycles. The van der Waals surface area contributed by atoms with Crippen molar-refractivity contribution < 1.29 is 18.4 Å². The van der Waals surface area contributed by atoms with Crippen molar-refractivity contribution in [2.24, 2.45) is 4.99 Å². The number of nitrogens with one attached hydrogen (secondary N) is 2. The second kappa shape index (κ2) is 14.1. The number of benzene rings is 2. The smallest absolute Gasteiger partial charge is 0.203 e. The molecule has 0 saturated heterocycles. The summed E-state index contributed by atoms with van der Waals surface area (Å²) in [4.78, 5) is 4.53. The second-order valence-corrected chi connectivity index (χ2v) is 7.65. The lowest BCUT2D eigenvalue weighted by atomic mass is 10.2. The molecule has 0 heterocycles. The van der Waals surface area contributed by atoms with Crippen LogP contribution in [0, 0.1) is 0 Å². The van der Waals surface area contributed by atoms with E-state index >= 15 is 0 Å². The molecule has 2 aromatic rings. The molecule has 0 bridgehead atoms. The highest BCUT2D eigenvalue weighted by Gasteiger charge is 2.14. The molecule has 0 radical (unpaired) electrons. The molecule has 2 aromatic carbocycles. The standard InChI is InChI=1S/C21H29N3O4S.HI/c1-5-22-21(23-11-12-29(25)15-16-9-7-6-8-10-16)24-17-13-18(26-2)20(28-4)19(14-17)27-3;/h6-10,13-14H,5,11-12,15H2,1-4H3,(H2,22,23,24);1H. The molecule has 0 aliphatic heterocycles. The van der Waals surface area contributed by atoms with Gasteiger partial charge in [0.25, 0.3) is 0 Å². The van der Waals surface area contributed by atoms with E-state index in [0.29, 0.717) is 47.8 Å². The Morgan fingerprint density at radius 2 is 1.67 bits per heavy atom. The number of rotatable bonds is 10. The first-order chi connectivity index (χ1) is 14.1. The molecule has 0 amide bonds. The third-order valence-electron chi connectivity index (χ3n) is 4.03. The zero-order valence-electron chi connectivity index (χ0n) is 17.8. The Morgan fingerprint density at radius 1 is 1.03 bits per heavy atom. The Bertz CT molecular complexity index is 809. The van der Waals surface area contributed by atoms with Crippen LogP contribution in [0.3, 0.4) is 0 Å². The number of hydrogen-bond donors (Lipinski definition) is 2. The summed E-state index contributed by atoms with van der Waals surface area (Å²) >= 11 is 0. The van der Waals surface area contributed by atoms with Gasteiger partial charge in [-0.2, -0.15) is 0 Å². The van der Waals surface area contributed by atoms with Crippen molar-refractivity contribution in [1.29, 1.82) is 0 Å². The van der Waals surface area contributed by atoms with Crippen LogP contribution < -0.4 is 24.8 Å². The van der Waals surface area contributed by atoms with Gasteiger partial charge in [0.1, 0.15) is 0 Å². The molecule has 1 unspecified atom stereocenters. The van der Waals surface area contributed by atoms with Crippen LogP contribution in [0.5, 0.6) is 17.2 Å². The molecular weight excluding hydrogens is 517 g/mol. The maximum Gasteiger partial charge on any atom is 0.203 e. The van der Waals surface area contributed by atoms with Crippen molar-refractivity contribution >= 4 is 46.4 Å². The van der Waals surface area contributed by atoms with Crippen molar-refractivity contribution in [3.8, 4) is 17.2 Å². The van der Waals surface area contributed by atoms with E-state index in [-0.39, 0.29) is 24.0 Å². The molecule has 0 aromatic heterocycles. The first kappa shape index (κ1) is 26.0. The molecule has 0 fully saturated rings. The lowest BCUT2D eigenvalue weighted by Gasteiger charge is -2.16. The summed E-state index contributed by atoms with van der Waals surface area (Å²) in [6.45, 7) is 3.13. The van der Waals surface area contributed by atoms with Crippen LogP contribution in [-0.4, -0.2) is 50.3 Å². The van der Waals surface area contributed by atoms with Crippen molar-refractivity contribution in [3.05, 3.63) is 48.0 Å². The van der Waals surface area contributed by atoms with E-state index in [2.05, 4.69) is 15.6 Å². The highest BCUT2D eigenvalue weighted by molar-refractivity contribution is 14.0. The number of methoxy groups -OCH3 is 3. The fourth-order valence-electron chi connectivity index (χ4n) is 2.69. The fourth-order valence-corrected chi connectivity index (χ4v) is 3.69. The molecule has 0 aliphatic rings. The molecule has 0 spiro atoms. The summed E-state index contributed by atoms with van der Waals surface area (Å²) in [7, 11) is 3.74. The maximum atomic E-state index is 12.3. The van der Waals surface area contributed by atoms with E-state index in [1.165, 1.54) is 0 Å². The summed E-state index contributed by atoms with van der Waals surface area (Å²) in [5.41, 5.74) is 1.81. The third-order valence-corrected chi connectivity index (χ3v) is 5.32. The summed E-state index contributed by atoms with van der Waals surface area (Å²) in [5.74, 6) is 3.24. The van der Waals surface area contributed by atoms with Gasteiger partial charge in [-0.15, -0.1) is 24.0 Å². The summed E-state index contributed by atoms with van der Waals surface area (Å²) < 4.78 is 28.4. The van der Waals surface area contributed by atoms with Crippen LogP contribution >= 0.6 is 24.0 Å². The van der Waals surface area contributed by atoms with E-state index < -0.39 is 10.8 Å². The third kappa shape index (κ3) is 8.02. The van der Waals surface area contributed by atoms with Gasteiger partial charge in [-0.1, -0.05) is 30.3 Å². The number of halogens is 1. The Kier molecular flexibility index (Phi) is 12.2. The predicted molar refractivity (Wildman–Crippen MR) is 134 cm³/mol. The van der Waals surface area contributed by atoms with Gasteiger partial charge in [-0.05, 0) is 12.5 Å². The van der Waals surface area contributed by atoms with Crippen LogP contribution in [0.2, 0.25) is 0 Å². The topological polar surface area (TPSA) is 81.2 Å². The minimum absolute atomic E-state index is 0. The van der Waals surface area contributed by atoms with E-state index in [1.54, 1.807) is 21.3 Å². The van der Waals surface area contributed by atoms with Crippen LogP contribution in [0.1, 0.15) is 12.5 Å². The summed E-state index contributed by atoms with van der Waals surface area (Å²) in [5, 5.41) is 6.41. The quantitative estimate of drug-likeness (QED) is 0.269. The van der Waals surface area contributed by atoms with Gasteiger partial charge < -0.3 is 24.8 Å². The van der Waals surface area contributed by atoms with E-state index in [9.17, 15) is 4.21 Å². The van der Waals surface area contributed by atoms with Gasteiger partial charge in [0.05, 0.1) is 27.9 Å². The monoisotopic (exact) mass is 547 g/mol. The SMILES string of the molecule is CCNC(=NCCS(=O)Cc1ccccc1)Nc1cc(OC)c(OC)c(OC)c1.I. The average Bonchev–Trinajstić information content (AvgIpc) is 2.73. The molecule has 0 saturated carbocycles. The number of aliphatic imine (C=N–C) groups is 1.